The second kappa shape index (κ2) is 3.43. The van der Waals surface area contributed by atoms with Crippen molar-refractivity contribution in [2.24, 2.45) is 0 Å². The van der Waals surface area contributed by atoms with Gasteiger partial charge in [-0.1, -0.05) is 5.21 Å². The molecule has 0 aromatic carbocycles. The lowest BCUT2D eigenvalue weighted by molar-refractivity contribution is 0.129. The van der Waals surface area contributed by atoms with Crippen molar-refractivity contribution in [3.63, 3.8) is 0 Å². The fourth-order valence-corrected chi connectivity index (χ4v) is 1.78. The van der Waals surface area contributed by atoms with Crippen molar-refractivity contribution in [3.05, 3.63) is 11.9 Å². The Kier molecular flexibility index (Phi) is 2.28. The van der Waals surface area contributed by atoms with Gasteiger partial charge in [-0.25, -0.2) is 4.68 Å². The lowest BCUT2D eigenvalue weighted by Crippen LogP contribution is -2.18. The molecule has 2 N–H and O–H groups in total. The first-order valence-electron chi connectivity index (χ1n) is 4.51. The molecule has 72 valence electrons. The van der Waals surface area contributed by atoms with Crippen LogP contribution in [-0.2, 0) is 6.61 Å². The van der Waals surface area contributed by atoms with Gasteiger partial charge in [0.15, 0.2) is 0 Å². The van der Waals surface area contributed by atoms with Crippen LogP contribution in [0.2, 0.25) is 0 Å². The van der Waals surface area contributed by atoms with Crippen LogP contribution in [0, 0.1) is 0 Å². The minimum Gasteiger partial charge on any atom is -0.391 e. The molecule has 1 fully saturated rings. The summed E-state index contributed by atoms with van der Waals surface area (Å²) in [5.74, 6) is 0. The topological polar surface area (TPSA) is 71.2 Å². The summed E-state index contributed by atoms with van der Waals surface area (Å²) in [6.45, 7) is -0.0944. The molecule has 5 heteroatoms. The van der Waals surface area contributed by atoms with Crippen molar-refractivity contribution in [1.82, 2.24) is 15.0 Å². The maximum atomic E-state index is 9.57. The van der Waals surface area contributed by atoms with E-state index < -0.39 is 0 Å². The van der Waals surface area contributed by atoms with Gasteiger partial charge in [-0.15, -0.1) is 5.10 Å². The van der Waals surface area contributed by atoms with E-state index in [4.69, 9.17) is 5.11 Å². The highest BCUT2D eigenvalue weighted by Gasteiger charge is 2.27. The predicted molar refractivity (Wildman–Crippen MR) is 44.8 cm³/mol. The summed E-state index contributed by atoms with van der Waals surface area (Å²) in [4.78, 5) is 0. The maximum absolute atomic E-state index is 9.57. The quantitative estimate of drug-likeness (QED) is 0.669. The number of hydrogen-bond donors (Lipinski definition) is 2. The number of aromatic nitrogens is 3. The molecule has 13 heavy (non-hydrogen) atoms. The highest BCUT2D eigenvalue weighted by Crippen LogP contribution is 2.29. The molecule has 0 aliphatic heterocycles. The van der Waals surface area contributed by atoms with Gasteiger partial charge in [0.2, 0.25) is 0 Å². The largest absolute Gasteiger partial charge is 0.391 e. The van der Waals surface area contributed by atoms with Gasteiger partial charge in [-0.05, 0) is 19.3 Å². The third-order valence-electron chi connectivity index (χ3n) is 2.50. The molecule has 0 bridgehead atoms. The summed E-state index contributed by atoms with van der Waals surface area (Å²) >= 11 is 0. The van der Waals surface area contributed by atoms with Gasteiger partial charge in [0, 0.05) is 0 Å². The molecule has 0 radical (unpaired) electrons. The molecule has 2 rings (SSSR count). The zero-order valence-corrected chi connectivity index (χ0v) is 7.30. The molecular weight excluding hydrogens is 170 g/mol. The van der Waals surface area contributed by atoms with Crippen LogP contribution in [0.3, 0.4) is 0 Å². The zero-order valence-electron chi connectivity index (χ0n) is 7.30. The molecule has 1 aromatic rings. The van der Waals surface area contributed by atoms with E-state index in [-0.39, 0.29) is 18.8 Å². The van der Waals surface area contributed by atoms with Crippen molar-refractivity contribution < 1.29 is 10.2 Å². The van der Waals surface area contributed by atoms with E-state index in [1.165, 1.54) is 0 Å². The highest BCUT2D eigenvalue weighted by molar-refractivity contribution is 4.93. The van der Waals surface area contributed by atoms with Crippen LogP contribution in [-0.4, -0.2) is 31.3 Å². The molecule has 2 atom stereocenters. The summed E-state index contributed by atoms with van der Waals surface area (Å²) in [5.41, 5.74) is 0.555. The van der Waals surface area contributed by atoms with Crippen molar-refractivity contribution in [2.75, 3.05) is 0 Å². The molecule has 0 amide bonds. The fraction of sp³-hybridized carbons (Fsp3) is 0.750. The first-order chi connectivity index (χ1) is 6.31. The Morgan fingerprint density at radius 2 is 2.38 bits per heavy atom. The van der Waals surface area contributed by atoms with Gasteiger partial charge >= 0.3 is 0 Å². The third-order valence-corrected chi connectivity index (χ3v) is 2.50. The van der Waals surface area contributed by atoms with Crippen LogP contribution >= 0.6 is 0 Å². The second-order valence-electron chi connectivity index (χ2n) is 3.41. The summed E-state index contributed by atoms with van der Waals surface area (Å²) in [5, 5.41) is 26.0. The minimum atomic E-state index is -0.312. The molecule has 0 spiro atoms. The van der Waals surface area contributed by atoms with E-state index in [2.05, 4.69) is 10.3 Å². The average molecular weight is 183 g/mol. The molecular formula is C8H13N3O2. The van der Waals surface area contributed by atoms with Crippen LogP contribution in [0.5, 0.6) is 0 Å². The smallest absolute Gasteiger partial charge is 0.108 e. The summed E-state index contributed by atoms with van der Waals surface area (Å²) in [6.07, 6.45) is 4.18. The van der Waals surface area contributed by atoms with Gasteiger partial charge in [0.1, 0.15) is 5.69 Å². The molecule has 0 saturated heterocycles. The zero-order chi connectivity index (χ0) is 9.26. The molecule has 1 aliphatic carbocycles. The molecule has 1 saturated carbocycles. The first-order valence-corrected chi connectivity index (χ1v) is 4.51. The summed E-state index contributed by atoms with van der Waals surface area (Å²) in [6, 6.07) is 0.0489. The van der Waals surface area contributed by atoms with Crippen molar-refractivity contribution in [3.8, 4) is 0 Å². The van der Waals surface area contributed by atoms with Crippen molar-refractivity contribution >= 4 is 0 Å². The van der Waals surface area contributed by atoms with Gasteiger partial charge < -0.3 is 10.2 Å². The predicted octanol–water partition coefficient (Wildman–Crippen LogP) is -0.144. The Labute approximate surface area is 76.0 Å². The van der Waals surface area contributed by atoms with Crippen LogP contribution in [0.4, 0.5) is 0 Å². The Morgan fingerprint density at radius 1 is 1.54 bits per heavy atom. The van der Waals surface area contributed by atoms with E-state index in [9.17, 15) is 5.11 Å². The van der Waals surface area contributed by atoms with Gasteiger partial charge in [-0.3, -0.25) is 0 Å². The van der Waals surface area contributed by atoms with Crippen molar-refractivity contribution in [1.29, 1.82) is 0 Å². The minimum absolute atomic E-state index is 0.0489. The van der Waals surface area contributed by atoms with Crippen LogP contribution in [0.15, 0.2) is 6.20 Å². The Morgan fingerprint density at radius 3 is 2.92 bits per heavy atom. The Balaban J connectivity index is 2.15. The monoisotopic (exact) mass is 183 g/mol. The third kappa shape index (κ3) is 1.57. The molecule has 1 heterocycles. The number of rotatable bonds is 2. The fourth-order valence-electron chi connectivity index (χ4n) is 1.78. The van der Waals surface area contributed by atoms with Crippen LogP contribution in [0.1, 0.15) is 31.0 Å². The summed E-state index contributed by atoms with van der Waals surface area (Å²) in [7, 11) is 0. The van der Waals surface area contributed by atoms with Crippen LogP contribution < -0.4 is 0 Å². The number of aliphatic hydroxyl groups is 2. The number of hydrogen-bond acceptors (Lipinski definition) is 4. The second-order valence-corrected chi connectivity index (χ2v) is 3.41. The first kappa shape index (κ1) is 8.65. The molecule has 2 unspecified atom stereocenters. The molecule has 5 nitrogen and oxygen atoms in total. The Hall–Kier alpha value is -0.940. The van der Waals surface area contributed by atoms with E-state index in [1.54, 1.807) is 10.9 Å². The van der Waals surface area contributed by atoms with E-state index in [0.29, 0.717) is 5.69 Å². The molecule has 1 aromatic heterocycles. The van der Waals surface area contributed by atoms with E-state index >= 15 is 0 Å². The molecule has 1 aliphatic rings. The van der Waals surface area contributed by atoms with Gasteiger partial charge in [0.25, 0.3) is 0 Å². The van der Waals surface area contributed by atoms with Crippen LogP contribution in [0.25, 0.3) is 0 Å². The lowest BCUT2D eigenvalue weighted by Gasteiger charge is -2.13. The van der Waals surface area contributed by atoms with E-state index in [0.717, 1.165) is 19.3 Å². The number of aliphatic hydroxyl groups excluding tert-OH is 2. The summed E-state index contributed by atoms with van der Waals surface area (Å²) < 4.78 is 1.66. The van der Waals surface area contributed by atoms with E-state index in [1.807, 2.05) is 0 Å². The van der Waals surface area contributed by atoms with Crippen molar-refractivity contribution in [2.45, 2.75) is 38.0 Å². The SMILES string of the molecule is OCc1cn(C2CCCC2O)nn1. The number of nitrogens with zero attached hydrogens (tertiary/aromatic N) is 3. The normalized spacial score (nSPS) is 28.2. The highest BCUT2D eigenvalue weighted by atomic mass is 16.3. The standard InChI is InChI=1S/C8H13N3O2/c12-5-6-4-11(10-9-6)7-2-1-3-8(7)13/h4,7-8,12-13H,1-3,5H2. The lowest BCUT2D eigenvalue weighted by atomic mass is 10.2. The Bertz CT molecular complexity index is 287. The maximum Gasteiger partial charge on any atom is 0.108 e. The van der Waals surface area contributed by atoms with Gasteiger partial charge in [-0.2, -0.15) is 0 Å². The van der Waals surface area contributed by atoms with Gasteiger partial charge in [0.05, 0.1) is 24.9 Å². The average Bonchev–Trinajstić information content (AvgIpc) is 2.71.